The minimum absolute atomic E-state index is 0.199. The second-order valence-electron chi connectivity index (χ2n) is 4.85. The molecular formula is C12H17ClN4S. The largest absolute Gasteiger partial charge is 0.328 e. The predicted octanol–water partition coefficient (Wildman–Crippen LogP) is 3.12. The number of hydrogen-bond acceptors (Lipinski definition) is 3. The molecule has 0 saturated carbocycles. The van der Waals surface area contributed by atoms with Crippen molar-refractivity contribution >= 4 is 34.9 Å². The monoisotopic (exact) mass is 284 g/mol. The van der Waals surface area contributed by atoms with Gasteiger partial charge in [0.05, 0.1) is 5.52 Å². The van der Waals surface area contributed by atoms with Crippen molar-refractivity contribution in [3.63, 3.8) is 0 Å². The van der Waals surface area contributed by atoms with Gasteiger partial charge in [0.2, 0.25) is 0 Å². The molecule has 2 atom stereocenters. The fourth-order valence-corrected chi connectivity index (χ4v) is 2.73. The van der Waals surface area contributed by atoms with Crippen LogP contribution in [0.25, 0.3) is 11.0 Å². The normalized spacial score (nSPS) is 14.9. The Balaban J connectivity index is 2.36. The molecule has 0 saturated heterocycles. The molecular weight excluding hydrogens is 268 g/mol. The number of rotatable bonds is 4. The average Bonchev–Trinajstić information content (AvgIpc) is 2.57. The van der Waals surface area contributed by atoms with Gasteiger partial charge in [-0.15, -0.1) is 0 Å². The van der Waals surface area contributed by atoms with Crippen molar-refractivity contribution in [2.75, 3.05) is 0 Å². The highest BCUT2D eigenvalue weighted by Crippen LogP contribution is 2.21. The van der Waals surface area contributed by atoms with Crippen LogP contribution in [0.2, 0.25) is 5.15 Å². The van der Waals surface area contributed by atoms with Crippen molar-refractivity contribution < 1.29 is 0 Å². The number of nitrogens with two attached hydrogens (primary N) is 1. The fourth-order valence-electron chi connectivity index (χ4n) is 2.25. The molecule has 1 unspecified atom stereocenters. The van der Waals surface area contributed by atoms with Crippen LogP contribution in [-0.2, 0) is 6.54 Å². The number of fused-ring (bicyclic) bond motifs is 1. The van der Waals surface area contributed by atoms with Gasteiger partial charge in [-0.3, -0.25) is 0 Å². The molecule has 0 bridgehead atoms. The van der Waals surface area contributed by atoms with Crippen molar-refractivity contribution in [1.82, 2.24) is 14.5 Å². The second-order valence-corrected chi connectivity index (χ2v) is 5.60. The van der Waals surface area contributed by atoms with E-state index in [4.69, 9.17) is 29.6 Å². The van der Waals surface area contributed by atoms with Gasteiger partial charge in [0.25, 0.3) is 0 Å². The Kier molecular flexibility index (Phi) is 4.04. The third-order valence-corrected chi connectivity index (χ3v) is 3.53. The van der Waals surface area contributed by atoms with Crippen LogP contribution in [0.4, 0.5) is 0 Å². The lowest BCUT2D eigenvalue weighted by Crippen LogP contribution is -2.20. The lowest BCUT2D eigenvalue weighted by Gasteiger charge is -2.15. The molecule has 0 aliphatic heterocycles. The van der Waals surface area contributed by atoms with E-state index < -0.39 is 0 Å². The third-order valence-electron chi connectivity index (χ3n) is 2.92. The quantitative estimate of drug-likeness (QED) is 0.670. The number of imidazole rings is 1. The summed E-state index contributed by atoms with van der Waals surface area (Å²) in [5, 5.41) is 0.456. The maximum atomic E-state index is 6.04. The molecule has 0 aromatic carbocycles. The number of H-pyrrole nitrogens is 1. The van der Waals surface area contributed by atoms with E-state index in [1.54, 1.807) is 6.20 Å². The van der Waals surface area contributed by atoms with Crippen molar-refractivity contribution in [1.29, 1.82) is 0 Å². The molecule has 2 rings (SSSR count). The molecule has 4 nitrogen and oxygen atoms in total. The second kappa shape index (κ2) is 5.38. The zero-order valence-corrected chi connectivity index (χ0v) is 12.1. The Bertz CT molecular complexity index is 602. The first kappa shape index (κ1) is 13.5. The molecule has 0 aliphatic rings. The molecule has 0 aliphatic carbocycles. The number of nitrogens with zero attached hydrogens (tertiary/aromatic N) is 2. The number of hydrogen-bond donors (Lipinski definition) is 2. The molecule has 0 radical (unpaired) electrons. The molecule has 0 spiro atoms. The zero-order chi connectivity index (χ0) is 13.3. The van der Waals surface area contributed by atoms with Crippen LogP contribution >= 0.6 is 23.8 Å². The predicted molar refractivity (Wildman–Crippen MR) is 77.4 cm³/mol. The number of pyridine rings is 1. The number of aromatic nitrogens is 3. The summed E-state index contributed by atoms with van der Waals surface area (Å²) in [6.07, 6.45) is 2.66. The SMILES string of the molecule is CC(C[C@@H](C)N)Cn1c(=S)[nH]c2c(Cl)nccc21. The van der Waals surface area contributed by atoms with Crippen LogP contribution < -0.4 is 5.73 Å². The smallest absolute Gasteiger partial charge is 0.178 e. The van der Waals surface area contributed by atoms with Gasteiger partial charge >= 0.3 is 0 Å². The first-order valence-electron chi connectivity index (χ1n) is 5.97. The standard InChI is InChI=1S/C12H17ClN4S/c1-7(5-8(2)14)6-17-9-3-4-15-11(13)10(9)16-12(17)18/h3-4,7-8H,5-6,14H2,1-2H3,(H,16,18)/t7?,8-/m1/s1. The van der Waals surface area contributed by atoms with Crippen LogP contribution in [0.3, 0.4) is 0 Å². The summed E-state index contributed by atoms with van der Waals surface area (Å²) in [7, 11) is 0. The summed E-state index contributed by atoms with van der Waals surface area (Å²) in [6, 6.07) is 2.12. The van der Waals surface area contributed by atoms with E-state index in [-0.39, 0.29) is 6.04 Å². The molecule has 0 amide bonds. The highest BCUT2D eigenvalue weighted by Gasteiger charge is 2.12. The van der Waals surface area contributed by atoms with E-state index in [2.05, 4.69) is 21.5 Å². The highest BCUT2D eigenvalue weighted by molar-refractivity contribution is 7.71. The third kappa shape index (κ3) is 2.74. The van der Waals surface area contributed by atoms with Gasteiger partial charge < -0.3 is 15.3 Å². The summed E-state index contributed by atoms with van der Waals surface area (Å²) in [4.78, 5) is 7.15. The highest BCUT2D eigenvalue weighted by atomic mass is 35.5. The fraction of sp³-hybridized carbons (Fsp3) is 0.500. The molecule has 6 heteroatoms. The minimum atomic E-state index is 0.199. The summed E-state index contributed by atoms with van der Waals surface area (Å²) in [5.74, 6) is 0.461. The Morgan fingerprint density at radius 3 is 2.94 bits per heavy atom. The molecule has 2 aromatic heterocycles. The summed E-state index contributed by atoms with van der Waals surface area (Å²) >= 11 is 11.4. The maximum Gasteiger partial charge on any atom is 0.178 e. The molecule has 2 aromatic rings. The topological polar surface area (TPSA) is 59.6 Å². The van der Waals surface area contributed by atoms with Crippen LogP contribution in [0.15, 0.2) is 12.3 Å². The van der Waals surface area contributed by atoms with E-state index in [1.165, 1.54) is 0 Å². The zero-order valence-electron chi connectivity index (χ0n) is 10.5. The van der Waals surface area contributed by atoms with E-state index in [0.717, 1.165) is 24.0 Å². The van der Waals surface area contributed by atoms with Crippen LogP contribution in [0.1, 0.15) is 20.3 Å². The van der Waals surface area contributed by atoms with Crippen molar-refractivity contribution in [3.05, 3.63) is 22.2 Å². The van der Waals surface area contributed by atoms with Gasteiger partial charge in [0.15, 0.2) is 9.92 Å². The lowest BCUT2D eigenvalue weighted by molar-refractivity contribution is 0.422. The van der Waals surface area contributed by atoms with Crippen LogP contribution in [0, 0.1) is 10.7 Å². The summed E-state index contributed by atoms with van der Waals surface area (Å²) in [6.45, 7) is 5.03. The first-order valence-corrected chi connectivity index (χ1v) is 6.76. The maximum absolute atomic E-state index is 6.04. The summed E-state index contributed by atoms with van der Waals surface area (Å²) < 4.78 is 2.74. The molecule has 0 fully saturated rings. The van der Waals surface area contributed by atoms with E-state index in [1.807, 2.05) is 13.0 Å². The van der Waals surface area contributed by atoms with Gasteiger partial charge in [-0.25, -0.2) is 4.98 Å². The Morgan fingerprint density at radius 1 is 1.56 bits per heavy atom. The molecule has 3 N–H and O–H groups in total. The van der Waals surface area contributed by atoms with Crippen LogP contribution in [-0.4, -0.2) is 20.6 Å². The van der Waals surface area contributed by atoms with Crippen LogP contribution in [0.5, 0.6) is 0 Å². The minimum Gasteiger partial charge on any atom is -0.328 e. The van der Waals surface area contributed by atoms with E-state index in [9.17, 15) is 0 Å². The Hall–Kier alpha value is -0.910. The first-order chi connectivity index (χ1) is 8.49. The van der Waals surface area contributed by atoms with Crippen molar-refractivity contribution in [2.45, 2.75) is 32.9 Å². The lowest BCUT2D eigenvalue weighted by atomic mass is 10.0. The van der Waals surface area contributed by atoms with Crippen molar-refractivity contribution in [2.24, 2.45) is 11.7 Å². The van der Waals surface area contributed by atoms with E-state index in [0.29, 0.717) is 15.8 Å². The summed E-state index contributed by atoms with van der Waals surface area (Å²) in [5.41, 5.74) is 7.62. The number of halogens is 1. The van der Waals surface area contributed by atoms with Gasteiger partial charge in [0.1, 0.15) is 5.52 Å². The van der Waals surface area contributed by atoms with E-state index >= 15 is 0 Å². The van der Waals surface area contributed by atoms with Crippen molar-refractivity contribution in [3.8, 4) is 0 Å². The van der Waals surface area contributed by atoms with Gasteiger partial charge in [0, 0.05) is 18.8 Å². The van der Waals surface area contributed by atoms with Gasteiger partial charge in [-0.05, 0) is 37.5 Å². The number of aromatic amines is 1. The van der Waals surface area contributed by atoms with Gasteiger partial charge in [-0.2, -0.15) is 0 Å². The molecule has 2 heterocycles. The Labute approximate surface area is 116 Å². The molecule has 18 heavy (non-hydrogen) atoms. The number of nitrogens with one attached hydrogen (secondary N) is 1. The molecule has 98 valence electrons. The Morgan fingerprint density at radius 2 is 2.28 bits per heavy atom. The van der Waals surface area contributed by atoms with Gasteiger partial charge in [-0.1, -0.05) is 18.5 Å². The average molecular weight is 285 g/mol.